The average Bonchev–Trinajstić information content (AvgIpc) is 3.35. The normalized spacial score (nSPS) is 11.9. The predicted molar refractivity (Wildman–Crippen MR) is 102 cm³/mol. The number of ether oxygens (including phenoxy) is 1. The van der Waals surface area contributed by atoms with E-state index in [1.807, 2.05) is 37.4 Å². The van der Waals surface area contributed by atoms with Gasteiger partial charge in [-0.25, -0.2) is 9.48 Å². The number of methoxy groups -OCH3 is 1. The molecule has 28 heavy (non-hydrogen) atoms. The third kappa shape index (κ3) is 4.48. The number of urea groups is 1. The van der Waals surface area contributed by atoms with Crippen molar-refractivity contribution in [3.63, 3.8) is 0 Å². The molecule has 0 saturated carbocycles. The predicted octanol–water partition coefficient (Wildman–Crippen LogP) is 2.87. The maximum absolute atomic E-state index is 12.5. The first-order valence-corrected chi connectivity index (χ1v) is 9.00. The molecule has 0 fully saturated rings. The lowest BCUT2D eigenvalue weighted by Gasteiger charge is -2.20. The molecule has 0 spiro atoms. The molecule has 0 radical (unpaired) electrons. The van der Waals surface area contributed by atoms with Gasteiger partial charge in [-0.3, -0.25) is 0 Å². The second kappa shape index (κ2) is 8.55. The number of amides is 2. The van der Waals surface area contributed by atoms with E-state index in [0.29, 0.717) is 24.7 Å². The van der Waals surface area contributed by atoms with Crippen LogP contribution in [0.2, 0.25) is 0 Å². The average molecular weight is 384 g/mol. The number of nitrogens with zero attached hydrogens (tertiary/aromatic N) is 5. The van der Waals surface area contributed by atoms with Gasteiger partial charge >= 0.3 is 6.03 Å². The number of aryl methyl sites for hydroxylation is 1. The highest BCUT2D eigenvalue weighted by atomic mass is 16.5. The van der Waals surface area contributed by atoms with Crippen LogP contribution in [0.1, 0.15) is 36.7 Å². The Labute approximate surface area is 163 Å². The van der Waals surface area contributed by atoms with Crippen molar-refractivity contribution >= 4 is 6.03 Å². The maximum Gasteiger partial charge on any atom is 0.318 e. The Morgan fingerprint density at radius 2 is 2.25 bits per heavy atom. The fourth-order valence-corrected chi connectivity index (χ4v) is 2.73. The summed E-state index contributed by atoms with van der Waals surface area (Å²) >= 11 is 0. The molecule has 0 unspecified atom stereocenters. The Bertz CT molecular complexity index is 935. The summed E-state index contributed by atoms with van der Waals surface area (Å²) in [5.74, 6) is 1.71. The first kappa shape index (κ1) is 19.4. The summed E-state index contributed by atoms with van der Waals surface area (Å²) in [6.45, 7) is 4.10. The van der Waals surface area contributed by atoms with Crippen LogP contribution in [0, 0.1) is 6.92 Å². The van der Waals surface area contributed by atoms with Crippen molar-refractivity contribution in [1.29, 1.82) is 0 Å². The van der Waals surface area contributed by atoms with Crippen molar-refractivity contribution in [2.24, 2.45) is 0 Å². The van der Waals surface area contributed by atoms with E-state index in [1.165, 1.54) is 0 Å². The number of carbonyl (C=O) groups excluding carboxylic acids is 1. The number of hydrogen-bond acceptors (Lipinski definition) is 6. The van der Waals surface area contributed by atoms with E-state index in [2.05, 4.69) is 20.6 Å². The van der Waals surface area contributed by atoms with Gasteiger partial charge in [-0.15, -0.1) is 0 Å². The van der Waals surface area contributed by atoms with Crippen molar-refractivity contribution in [3.05, 3.63) is 53.9 Å². The van der Waals surface area contributed by atoms with Crippen LogP contribution in [-0.4, -0.2) is 45.0 Å². The molecular weight excluding hydrogens is 360 g/mol. The molecule has 9 nitrogen and oxygen atoms in total. The second-order valence-corrected chi connectivity index (χ2v) is 6.44. The number of rotatable bonds is 7. The Morgan fingerprint density at radius 1 is 1.43 bits per heavy atom. The van der Waals surface area contributed by atoms with Crippen LogP contribution >= 0.6 is 0 Å². The van der Waals surface area contributed by atoms with Gasteiger partial charge in [0.25, 0.3) is 0 Å². The second-order valence-electron chi connectivity index (χ2n) is 6.44. The molecule has 148 valence electrons. The summed E-state index contributed by atoms with van der Waals surface area (Å²) < 4.78 is 12.2. The van der Waals surface area contributed by atoms with E-state index in [9.17, 15) is 4.79 Å². The Kier molecular flexibility index (Phi) is 5.93. The lowest BCUT2D eigenvalue weighted by Crippen LogP contribution is -2.38. The largest absolute Gasteiger partial charge is 0.497 e. The summed E-state index contributed by atoms with van der Waals surface area (Å²) in [6.07, 6.45) is 4.27. The lowest BCUT2D eigenvalue weighted by atomic mass is 10.2. The SMILES string of the molecule is CC[C@@H](NC(=O)N(C)Cc1cnn(-c2cccc(OC)c2)c1)c1nc(C)no1. The number of aromatic nitrogens is 4. The minimum atomic E-state index is -0.323. The fraction of sp³-hybridized carbons (Fsp3) is 0.368. The topological polar surface area (TPSA) is 98.3 Å². The molecule has 3 aromatic rings. The Hall–Kier alpha value is -3.36. The molecule has 0 aliphatic heterocycles. The van der Waals surface area contributed by atoms with Crippen LogP contribution < -0.4 is 10.1 Å². The summed E-state index contributed by atoms with van der Waals surface area (Å²) in [7, 11) is 3.35. The molecule has 0 bridgehead atoms. The standard InChI is InChI=1S/C19H24N6O3/c1-5-17(18-21-13(2)23-28-18)22-19(26)24(3)11-14-10-20-25(12-14)15-7-6-8-16(9-15)27-4/h6-10,12,17H,5,11H2,1-4H3,(H,22,26)/t17-/m1/s1. The third-order valence-corrected chi connectivity index (χ3v) is 4.27. The third-order valence-electron chi connectivity index (χ3n) is 4.27. The molecule has 9 heteroatoms. The van der Waals surface area contributed by atoms with Crippen LogP contribution in [-0.2, 0) is 6.54 Å². The molecule has 1 aromatic carbocycles. The highest BCUT2D eigenvalue weighted by Crippen LogP contribution is 2.17. The van der Waals surface area contributed by atoms with Crippen LogP contribution in [0.3, 0.4) is 0 Å². The van der Waals surface area contributed by atoms with Gasteiger partial charge in [0.2, 0.25) is 5.89 Å². The van der Waals surface area contributed by atoms with E-state index in [1.54, 1.807) is 36.9 Å². The molecule has 1 N–H and O–H groups in total. The molecular formula is C19H24N6O3. The van der Waals surface area contributed by atoms with Crippen LogP contribution in [0.25, 0.3) is 5.69 Å². The minimum Gasteiger partial charge on any atom is -0.497 e. The number of carbonyl (C=O) groups is 1. The first-order chi connectivity index (χ1) is 13.5. The maximum atomic E-state index is 12.5. The Balaban J connectivity index is 1.63. The smallest absolute Gasteiger partial charge is 0.318 e. The van der Waals surface area contributed by atoms with Crippen LogP contribution in [0.5, 0.6) is 5.75 Å². The van der Waals surface area contributed by atoms with Crippen molar-refractivity contribution in [2.75, 3.05) is 14.2 Å². The number of hydrogen-bond donors (Lipinski definition) is 1. The first-order valence-electron chi connectivity index (χ1n) is 9.00. The number of benzene rings is 1. The highest BCUT2D eigenvalue weighted by Gasteiger charge is 2.21. The van der Waals surface area contributed by atoms with E-state index in [4.69, 9.17) is 9.26 Å². The zero-order valence-electron chi connectivity index (χ0n) is 16.4. The molecule has 0 aliphatic rings. The van der Waals surface area contributed by atoms with Crippen LogP contribution in [0.15, 0.2) is 41.2 Å². The van der Waals surface area contributed by atoms with E-state index >= 15 is 0 Å². The number of nitrogens with one attached hydrogen (secondary N) is 1. The van der Waals surface area contributed by atoms with E-state index in [0.717, 1.165) is 17.0 Å². The van der Waals surface area contributed by atoms with Crippen molar-refractivity contribution < 1.29 is 14.1 Å². The quantitative estimate of drug-likeness (QED) is 0.673. The van der Waals surface area contributed by atoms with Crippen molar-refractivity contribution in [1.82, 2.24) is 30.1 Å². The molecule has 3 rings (SSSR count). The van der Waals surface area contributed by atoms with Gasteiger partial charge in [-0.1, -0.05) is 18.1 Å². The lowest BCUT2D eigenvalue weighted by molar-refractivity contribution is 0.198. The van der Waals surface area contributed by atoms with Gasteiger partial charge < -0.3 is 19.5 Å². The van der Waals surface area contributed by atoms with Gasteiger partial charge in [-0.05, 0) is 25.5 Å². The molecule has 2 aromatic heterocycles. The molecule has 0 saturated heterocycles. The van der Waals surface area contributed by atoms with Gasteiger partial charge in [0, 0.05) is 24.9 Å². The molecule has 1 atom stereocenters. The molecule has 2 amide bonds. The summed E-state index contributed by atoms with van der Waals surface area (Å²) in [5, 5.41) is 11.1. The minimum absolute atomic E-state index is 0.225. The highest BCUT2D eigenvalue weighted by molar-refractivity contribution is 5.74. The summed E-state index contributed by atoms with van der Waals surface area (Å²) in [6, 6.07) is 7.06. The van der Waals surface area contributed by atoms with E-state index in [-0.39, 0.29) is 12.1 Å². The van der Waals surface area contributed by atoms with Crippen LogP contribution in [0.4, 0.5) is 4.79 Å². The van der Waals surface area contributed by atoms with Gasteiger partial charge in [0.05, 0.1) is 25.5 Å². The van der Waals surface area contributed by atoms with Crippen molar-refractivity contribution in [3.8, 4) is 11.4 Å². The Morgan fingerprint density at radius 3 is 2.93 bits per heavy atom. The monoisotopic (exact) mass is 384 g/mol. The zero-order chi connectivity index (χ0) is 20.1. The molecule has 0 aliphatic carbocycles. The summed E-state index contributed by atoms with van der Waals surface area (Å²) in [4.78, 5) is 18.3. The molecule has 2 heterocycles. The summed E-state index contributed by atoms with van der Waals surface area (Å²) in [5.41, 5.74) is 1.79. The van der Waals surface area contributed by atoms with Crippen molar-refractivity contribution in [2.45, 2.75) is 32.9 Å². The zero-order valence-corrected chi connectivity index (χ0v) is 16.4. The van der Waals surface area contributed by atoms with Gasteiger partial charge in [0.15, 0.2) is 5.82 Å². The fourth-order valence-electron chi connectivity index (χ4n) is 2.73. The van der Waals surface area contributed by atoms with Gasteiger partial charge in [0.1, 0.15) is 11.8 Å². The van der Waals surface area contributed by atoms with Gasteiger partial charge in [-0.2, -0.15) is 10.1 Å². The van der Waals surface area contributed by atoms with E-state index < -0.39 is 0 Å².